The number of nitrogens with zero attached hydrogens (tertiary/aromatic N) is 4. The highest BCUT2D eigenvalue weighted by molar-refractivity contribution is 7.89. The molecule has 1 aliphatic rings. The first-order chi connectivity index (χ1) is 13.5. The first-order valence-corrected chi connectivity index (χ1v) is 10.9. The molecule has 0 amide bonds. The van der Waals surface area contributed by atoms with Crippen molar-refractivity contribution >= 4 is 27.0 Å². The Morgan fingerprint density at radius 3 is 2.68 bits per heavy atom. The Labute approximate surface area is 164 Å². The molecule has 0 saturated carbocycles. The summed E-state index contributed by atoms with van der Waals surface area (Å²) in [5, 5.41) is 3.24. The quantitative estimate of drug-likeness (QED) is 0.712. The fourth-order valence-electron chi connectivity index (χ4n) is 3.44. The van der Waals surface area contributed by atoms with Crippen LogP contribution in [0.4, 0.5) is 5.82 Å². The van der Waals surface area contributed by atoms with Crippen molar-refractivity contribution < 1.29 is 8.42 Å². The lowest BCUT2D eigenvalue weighted by Crippen LogP contribution is -2.39. The van der Waals surface area contributed by atoms with Crippen molar-refractivity contribution in [3.63, 3.8) is 0 Å². The molecular formula is C20H23N5O2S. The van der Waals surface area contributed by atoms with Crippen LogP contribution in [-0.2, 0) is 16.6 Å². The van der Waals surface area contributed by atoms with E-state index >= 15 is 0 Å². The van der Waals surface area contributed by atoms with Gasteiger partial charge in [0.1, 0.15) is 11.3 Å². The van der Waals surface area contributed by atoms with E-state index in [-0.39, 0.29) is 0 Å². The summed E-state index contributed by atoms with van der Waals surface area (Å²) in [5.74, 6) is 1.11. The standard InChI is InChI=1S/C20H23N5O2S/c1-15-3-2-12-25(14-15)28(26,27)17-6-4-16(5-7-17)13-23-19-9-8-18-20(24-19)22-11-10-21-18/h4-11,15H,2-3,12-14H2,1H3,(H,22,23,24). The maximum atomic E-state index is 12.8. The monoisotopic (exact) mass is 397 g/mol. The minimum atomic E-state index is -3.42. The third-order valence-electron chi connectivity index (χ3n) is 4.99. The third kappa shape index (κ3) is 3.98. The molecule has 1 unspecified atom stereocenters. The minimum absolute atomic E-state index is 0.351. The van der Waals surface area contributed by atoms with Gasteiger partial charge < -0.3 is 5.32 Å². The summed E-state index contributed by atoms with van der Waals surface area (Å²) in [6, 6.07) is 10.8. The van der Waals surface area contributed by atoms with Crippen LogP contribution in [0.3, 0.4) is 0 Å². The number of sulfonamides is 1. The lowest BCUT2D eigenvalue weighted by molar-refractivity contribution is 0.281. The minimum Gasteiger partial charge on any atom is -0.366 e. The molecule has 0 aliphatic carbocycles. The number of benzene rings is 1. The summed E-state index contributed by atoms with van der Waals surface area (Å²) >= 11 is 0. The first kappa shape index (κ1) is 18.8. The molecule has 146 valence electrons. The second kappa shape index (κ2) is 7.81. The van der Waals surface area contributed by atoms with Gasteiger partial charge in [-0.1, -0.05) is 19.1 Å². The van der Waals surface area contributed by atoms with Crippen molar-refractivity contribution in [3.8, 4) is 0 Å². The van der Waals surface area contributed by atoms with E-state index < -0.39 is 10.0 Å². The maximum Gasteiger partial charge on any atom is 0.243 e. The summed E-state index contributed by atoms with van der Waals surface area (Å²) in [5.41, 5.74) is 2.31. The molecule has 8 heteroatoms. The van der Waals surface area contributed by atoms with E-state index in [4.69, 9.17) is 0 Å². The van der Waals surface area contributed by atoms with Gasteiger partial charge in [0, 0.05) is 32.0 Å². The summed E-state index contributed by atoms with van der Waals surface area (Å²) in [6.07, 6.45) is 5.26. The number of piperidine rings is 1. The van der Waals surface area contributed by atoms with Crippen molar-refractivity contribution in [3.05, 3.63) is 54.4 Å². The Hall–Kier alpha value is -2.58. The van der Waals surface area contributed by atoms with E-state index in [2.05, 4.69) is 27.2 Å². The van der Waals surface area contributed by atoms with Gasteiger partial charge in [0.05, 0.1) is 4.90 Å². The molecule has 28 heavy (non-hydrogen) atoms. The van der Waals surface area contributed by atoms with Crippen LogP contribution in [0.15, 0.2) is 53.7 Å². The summed E-state index contributed by atoms with van der Waals surface area (Å²) in [6.45, 7) is 3.84. The zero-order chi connectivity index (χ0) is 19.6. The second-order valence-electron chi connectivity index (χ2n) is 7.20. The zero-order valence-corrected chi connectivity index (χ0v) is 16.6. The van der Waals surface area contributed by atoms with Gasteiger partial charge in [-0.25, -0.2) is 18.4 Å². The Kier molecular flexibility index (Phi) is 5.23. The van der Waals surface area contributed by atoms with Crippen molar-refractivity contribution in [2.75, 3.05) is 18.4 Å². The van der Waals surface area contributed by atoms with Crippen LogP contribution in [0, 0.1) is 5.92 Å². The molecule has 1 atom stereocenters. The normalized spacial score (nSPS) is 18.2. The molecule has 0 radical (unpaired) electrons. The van der Waals surface area contributed by atoms with E-state index in [1.54, 1.807) is 28.8 Å². The zero-order valence-electron chi connectivity index (χ0n) is 15.7. The number of hydrogen-bond acceptors (Lipinski definition) is 6. The number of hydrogen-bond donors (Lipinski definition) is 1. The lowest BCUT2D eigenvalue weighted by Gasteiger charge is -2.30. The van der Waals surface area contributed by atoms with Crippen molar-refractivity contribution in [2.45, 2.75) is 31.2 Å². The molecule has 0 spiro atoms. The average molecular weight is 398 g/mol. The van der Waals surface area contributed by atoms with Gasteiger partial charge >= 0.3 is 0 Å². The maximum absolute atomic E-state index is 12.8. The first-order valence-electron chi connectivity index (χ1n) is 9.43. The van der Waals surface area contributed by atoms with Gasteiger partial charge in [0.15, 0.2) is 5.65 Å². The molecule has 1 aliphatic heterocycles. The fourth-order valence-corrected chi connectivity index (χ4v) is 5.04. The predicted octanol–water partition coefficient (Wildman–Crippen LogP) is 3.06. The van der Waals surface area contributed by atoms with Gasteiger partial charge in [0.2, 0.25) is 10.0 Å². The van der Waals surface area contributed by atoms with E-state index in [0.717, 1.165) is 23.9 Å². The van der Waals surface area contributed by atoms with E-state index in [0.29, 0.717) is 41.9 Å². The van der Waals surface area contributed by atoms with Gasteiger partial charge in [-0.05, 0) is 48.6 Å². The molecule has 1 aromatic carbocycles. The summed E-state index contributed by atoms with van der Waals surface area (Å²) in [7, 11) is -3.42. The van der Waals surface area contributed by atoms with E-state index in [1.807, 2.05) is 24.3 Å². The number of rotatable bonds is 5. The molecule has 3 aromatic rings. The number of fused-ring (bicyclic) bond motifs is 1. The van der Waals surface area contributed by atoms with Gasteiger partial charge in [0.25, 0.3) is 0 Å². The molecule has 0 bridgehead atoms. The Morgan fingerprint density at radius 1 is 1.11 bits per heavy atom. The van der Waals surface area contributed by atoms with Crippen molar-refractivity contribution in [1.82, 2.24) is 19.3 Å². The molecule has 3 heterocycles. The van der Waals surface area contributed by atoms with Gasteiger partial charge in [-0.2, -0.15) is 4.31 Å². The van der Waals surface area contributed by atoms with Crippen molar-refractivity contribution in [1.29, 1.82) is 0 Å². The highest BCUT2D eigenvalue weighted by Crippen LogP contribution is 2.23. The molecule has 7 nitrogen and oxygen atoms in total. The summed E-state index contributed by atoms with van der Waals surface area (Å²) in [4.78, 5) is 13.2. The second-order valence-corrected chi connectivity index (χ2v) is 9.14. The average Bonchev–Trinajstić information content (AvgIpc) is 2.72. The smallest absolute Gasteiger partial charge is 0.243 e. The molecule has 1 saturated heterocycles. The fraction of sp³-hybridized carbons (Fsp3) is 0.350. The molecule has 2 aromatic heterocycles. The van der Waals surface area contributed by atoms with Crippen LogP contribution in [0.1, 0.15) is 25.3 Å². The number of pyridine rings is 1. The van der Waals surface area contributed by atoms with E-state index in [9.17, 15) is 8.42 Å². The largest absolute Gasteiger partial charge is 0.366 e. The molecule has 1 N–H and O–H groups in total. The van der Waals surface area contributed by atoms with Crippen LogP contribution in [0.5, 0.6) is 0 Å². The van der Waals surface area contributed by atoms with Crippen molar-refractivity contribution in [2.24, 2.45) is 5.92 Å². The predicted molar refractivity (Wildman–Crippen MR) is 108 cm³/mol. The van der Waals surface area contributed by atoms with E-state index in [1.165, 1.54) is 0 Å². The van der Waals surface area contributed by atoms with Gasteiger partial charge in [-0.15, -0.1) is 0 Å². The van der Waals surface area contributed by atoms with Crippen LogP contribution in [0.25, 0.3) is 11.2 Å². The van der Waals surface area contributed by atoms with Crippen LogP contribution >= 0.6 is 0 Å². The van der Waals surface area contributed by atoms with Crippen LogP contribution in [0.2, 0.25) is 0 Å². The number of anilines is 1. The van der Waals surface area contributed by atoms with Gasteiger partial charge in [-0.3, -0.25) is 4.98 Å². The molecule has 1 fully saturated rings. The topological polar surface area (TPSA) is 88.1 Å². The Morgan fingerprint density at radius 2 is 1.89 bits per heavy atom. The highest BCUT2D eigenvalue weighted by Gasteiger charge is 2.28. The molecule has 4 rings (SSSR count). The number of nitrogens with one attached hydrogen (secondary N) is 1. The Bertz CT molecular complexity index is 1070. The Balaban J connectivity index is 1.44. The summed E-state index contributed by atoms with van der Waals surface area (Å²) < 4.78 is 27.3. The lowest BCUT2D eigenvalue weighted by atomic mass is 10.0. The molecular weight excluding hydrogens is 374 g/mol. The number of aromatic nitrogens is 3. The van der Waals surface area contributed by atoms with Crippen LogP contribution in [-0.4, -0.2) is 40.8 Å². The SMILES string of the molecule is CC1CCCN(S(=O)(=O)c2ccc(CNc3ccc4nccnc4n3)cc2)C1. The third-order valence-corrected chi connectivity index (χ3v) is 6.87. The highest BCUT2D eigenvalue weighted by atomic mass is 32.2. The van der Waals surface area contributed by atoms with Crippen LogP contribution < -0.4 is 5.32 Å².